The number of nitrogens with zero attached hydrogens (tertiary/aromatic N) is 1. The summed E-state index contributed by atoms with van der Waals surface area (Å²) >= 11 is 0. The highest BCUT2D eigenvalue weighted by atomic mass is 19.4. The van der Waals surface area contributed by atoms with Crippen LogP contribution in [0.25, 0.3) is 0 Å². The zero-order chi connectivity index (χ0) is 10.9. The highest BCUT2D eigenvalue weighted by molar-refractivity contribution is 4.89. The van der Waals surface area contributed by atoms with Crippen LogP contribution >= 0.6 is 0 Å². The molecular formula is C9H17F3N2. The minimum Gasteiger partial charge on any atom is -0.326 e. The molecule has 0 radical (unpaired) electrons. The average molecular weight is 210 g/mol. The molecule has 1 aliphatic rings. The van der Waals surface area contributed by atoms with Crippen molar-refractivity contribution in [3.8, 4) is 0 Å². The smallest absolute Gasteiger partial charge is 0.326 e. The summed E-state index contributed by atoms with van der Waals surface area (Å²) in [5.74, 6) is -1.17. The topological polar surface area (TPSA) is 29.3 Å². The number of rotatable bonds is 1. The second kappa shape index (κ2) is 4.06. The summed E-state index contributed by atoms with van der Waals surface area (Å²) in [4.78, 5) is 1.79. The molecule has 0 amide bonds. The molecule has 0 aromatic carbocycles. The quantitative estimate of drug-likeness (QED) is 0.712. The molecule has 0 aromatic heterocycles. The summed E-state index contributed by atoms with van der Waals surface area (Å²) in [5, 5.41) is 0. The van der Waals surface area contributed by atoms with Gasteiger partial charge in [-0.25, -0.2) is 0 Å². The van der Waals surface area contributed by atoms with Crippen molar-refractivity contribution in [2.45, 2.75) is 37.5 Å². The molecule has 0 saturated heterocycles. The van der Waals surface area contributed by atoms with Crippen molar-refractivity contribution in [3.63, 3.8) is 0 Å². The molecule has 0 bridgehead atoms. The molecule has 5 heteroatoms. The zero-order valence-electron chi connectivity index (χ0n) is 8.51. The molecule has 1 aliphatic carbocycles. The number of hydrogen-bond acceptors (Lipinski definition) is 2. The van der Waals surface area contributed by atoms with Crippen LogP contribution in [0.4, 0.5) is 13.2 Å². The molecular weight excluding hydrogens is 193 g/mol. The predicted octanol–water partition coefficient (Wildman–Crippen LogP) is 1.61. The largest absolute Gasteiger partial charge is 0.391 e. The fourth-order valence-corrected chi connectivity index (χ4v) is 2.06. The van der Waals surface area contributed by atoms with Gasteiger partial charge in [-0.2, -0.15) is 13.2 Å². The molecule has 3 atom stereocenters. The third-order valence-corrected chi connectivity index (χ3v) is 2.99. The summed E-state index contributed by atoms with van der Waals surface area (Å²) < 4.78 is 37.3. The van der Waals surface area contributed by atoms with E-state index in [-0.39, 0.29) is 24.9 Å². The molecule has 3 unspecified atom stereocenters. The Hall–Kier alpha value is -0.290. The molecule has 84 valence electrons. The first kappa shape index (κ1) is 11.8. The second-order valence-electron chi connectivity index (χ2n) is 4.25. The van der Waals surface area contributed by atoms with Crippen LogP contribution in [0.2, 0.25) is 0 Å². The number of halogens is 3. The first-order valence-electron chi connectivity index (χ1n) is 4.81. The Morgan fingerprint density at radius 1 is 1.21 bits per heavy atom. The molecule has 0 spiro atoms. The van der Waals surface area contributed by atoms with Gasteiger partial charge in [-0.05, 0) is 33.4 Å². The summed E-state index contributed by atoms with van der Waals surface area (Å²) in [6, 6.07) is -0.265. The number of hydrogen-bond donors (Lipinski definition) is 1. The molecule has 2 nitrogen and oxygen atoms in total. The van der Waals surface area contributed by atoms with E-state index >= 15 is 0 Å². The Kier molecular flexibility index (Phi) is 3.42. The van der Waals surface area contributed by atoms with Crippen LogP contribution in [0.5, 0.6) is 0 Å². The zero-order valence-corrected chi connectivity index (χ0v) is 8.51. The van der Waals surface area contributed by atoms with Gasteiger partial charge in [0.15, 0.2) is 0 Å². The van der Waals surface area contributed by atoms with Crippen molar-refractivity contribution in [1.29, 1.82) is 0 Å². The number of likely N-dealkylation sites (N-methyl/N-ethyl adjacent to an activating group) is 1. The first-order valence-corrected chi connectivity index (χ1v) is 4.81. The van der Waals surface area contributed by atoms with Crippen LogP contribution in [0, 0.1) is 5.92 Å². The lowest BCUT2D eigenvalue weighted by Gasteiger charge is -2.38. The van der Waals surface area contributed by atoms with Crippen molar-refractivity contribution >= 4 is 0 Å². The van der Waals surface area contributed by atoms with Crippen molar-refractivity contribution < 1.29 is 13.2 Å². The minimum atomic E-state index is -4.06. The van der Waals surface area contributed by atoms with Gasteiger partial charge in [0, 0.05) is 12.1 Å². The predicted molar refractivity (Wildman–Crippen MR) is 48.8 cm³/mol. The third-order valence-electron chi connectivity index (χ3n) is 2.99. The van der Waals surface area contributed by atoms with E-state index in [9.17, 15) is 13.2 Å². The Labute approximate surface area is 82.2 Å². The molecule has 1 fully saturated rings. The van der Waals surface area contributed by atoms with E-state index < -0.39 is 12.1 Å². The van der Waals surface area contributed by atoms with Gasteiger partial charge in [0.2, 0.25) is 0 Å². The SMILES string of the molecule is CN(C)C1CC(C(F)(F)F)CCC1N. The summed E-state index contributed by atoms with van der Waals surface area (Å²) in [6.07, 6.45) is -3.28. The fourth-order valence-electron chi connectivity index (χ4n) is 2.06. The lowest BCUT2D eigenvalue weighted by atomic mass is 9.82. The van der Waals surface area contributed by atoms with E-state index in [4.69, 9.17) is 5.73 Å². The monoisotopic (exact) mass is 210 g/mol. The maximum atomic E-state index is 12.4. The van der Waals surface area contributed by atoms with E-state index in [2.05, 4.69) is 0 Å². The van der Waals surface area contributed by atoms with E-state index in [1.807, 2.05) is 0 Å². The van der Waals surface area contributed by atoms with Gasteiger partial charge < -0.3 is 10.6 Å². The van der Waals surface area contributed by atoms with E-state index in [0.29, 0.717) is 6.42 Å². The number of alkyl halides is 3. The van der Waals surface area contributed by atoms with Gasteiger partial charge in [-0.15, -0.1) is 0 Å². The normalized spacial score (nSPS) is 34.9. The summed E-state index contributed by atoms with van der Waals surface area (Å²) in [6.45, 7) is 0. The van der Waals surface area contributed by atoms with Crippen molar-refractivity contribution in [3.05, 3.63) is 0 Å². The Balaban J connectivity index is 2.62. The second-order valence-corrected chi connectivity index (χ2v) is 4.25. The Morgan fingerprint density at radius 3 is 2.21 bits per heavy atom. The van der Waals surface area contributed by atoms with Gasteiger partial charge in [0.05, 0.1) is 5.92 Å². The maximum absolute atomic E-state index is 12.4. The van der Waals surface area contributed by atoms with Gasteiger partial charge in [-0.1, -0.05) is 0 Å². The molecule has 2 N–H and O–H groups in total. The van der Waals surface area contributed by atoms with E-state index in [1.54, 1.807) is 19.0 Å². The standard InChI is InChI=1S/C9H17F3N2/c1-14(2)8-5-6(9(10,11)12)3-4-7(8)13/h6-8H,3-5,13H2,1-2H3. The van der Waals surface area contributed by atoms with Gasteiger partial charge in [0.1, 0.15) is 0 Å². The Bertz CT molecular complexity index is 191. The van der Waals surface area contributed by atoms with Crippen molar-refractivity contribution in [2.75, 3.05) is 14.1 Å². The fraction of sp³-hybridized carbons (Fsp3) is 1.00. The van der Waals surface area contributed by atoms with Crippen LogP contribution in [-0.4, -0.2) is 37.3 Å². The highest BCUT2D eigenvalue weighted by Gasteiger charge is 2.44. The van der Waals surface area contributed by atoms with E-state index in [0.717, 1.165) is 0 Å². The minimum absolute atomic E-state index is 0.122. The lowest BCUT2D eigenvalue weighted by molar-refractivity contribution is -0.186. The summed E-state index contributed by atoms with van der Waals surface area (Å²) in [5.41, 5.74) is 5.78. The first-order chi connectivity index (χ1) is 6.32. The average Bonchev–Trinajstić information content (AvgIpc) is 2.02. The Morgan fingerprint density at radius 2 is 1.79 bits per heavy atom. The molecule has 0 aliphatic heterocycles. The van der Waals surface area contributed by atoms with Crippen LogP contribution in [-0.2, 0) is 0 Å². The van der Waals surface area contributed by atoms with E-state index in [1.165, 1.54) is 0 Å². The van der Waals surface area contributed by atoms with Crippen LogP contribution < -0.4 is 5.73 Å². The molecule has 14 heavy (non-hydrogen) atoms. The third kappa shape index (κ3) is 2.60. The molecule has 1 rings (SSSR count). The van der Waals surface area contributed by atoms with Gasteiger partial charge in [-0.3, -0.25) is 0 Å². The van der Waals surface area contributed by atoms with Crippen LogP contribution in [0.1, 0.15) is 19.3 Å². The van der Waals surface area contributed by atoms with Gasteiger partial charge >= 0.3 is 6.18 Å². The van der Waals surface area contributed by atoms with Crippen LogP contribution in [0.15, 0.2) is 0 Å². The maximum Gasteiger partial charge on any atom is 0.391 e. The molecule has 1 saturated carbocycles. The van der Waals surface area contributed by atoms with Gasteiger partial charge in [0.25, 0.3) is 0 Å². The van der Waals surface area contributed by atoms with Crippen molar-refractivity contribution in [2.24, 2.45) is 11.7 Å². The number of nitrogens with two attached hydrogens (primary N) is 1. The van der Waals surface area contributed by atoms with Crippen LogP contribution in [0.3, 0.4) is 0 Å². The summed E-state index contributed by atoms with van der Waals surface area (Å²) in [7, 11) is 3.56. The molecule has 0 heterocycles. The lowest BCUT2D eigenvalue weighted by Crippen LogP contribution is -2.50. The highest BCUT2D eigenvalue weighted by Crippen LogP contribution is 2.38. The molecule has 0 aromatic rings. The van der Waals surface area contributed by atoms with Crippen molar-refractivity contribution in [1.82, 2.24) is 4.90 Å².